The molecule has 0 unspecified atom stereocenters. The van der Waals surface area contributed by atoms with Crippen LogP contribution in [0.1, 0.15) is 43.6 Å². The summed E-state index contributed by atoms with van der Waals surface area (Å²) in [5.41, 5.74) is 2.81. The van der Waals surface area contributed by atoms with Gasteiger partial charge in [0.15, 0.2) is 0 Å². The van der Waals surface area contributed by atoms with Gasteiger partial charge in [0, 0.05) is 55.4 Å². The molecule has 2 aromatic rings. The molecule has 1 aromatic heterocycles. The van der Waals surface area contributed by atoms with Crippen molar-refractivity contribution < 1.29 is 0 Å². The number of piperidine rings is 2. The number of hydrogen-bond acceptors (Lipinski definition) is 3. The Balaban J connectivity index is 1.37. The van der Waals surface area contributed by atoms with Crippen molar-refractivity contribution in [3.63, 3.8) is 0 Å². The molecule has 0 spiro atoms. The van der Waals surface area contributed by atoms with Gasteiger partial charge in [-0.1, -0.05) is 24.6 Å². The lowest BCUT2D eigenvalue weighted by Gasteiger charge is -2.35. The lowest BCUT2D eigenvalue weighted by atomic mass is 9.90. The van der Waals surface area contributed by atoms with Crippen molar-refractivity contribution in [1.29, 1.82) is 0 Å². The SMILES string of the molecule is c1ccc2c(C3CCN(SN4CCCCC4)CC3)c[nH]c2c1. The highest BCUT2D eigenvalue weighted by Gasteiger charge is 2.24. The van der Waals surface area contributed by atoms with Gasteiger partial charge in [-0.05, 0) is 43.2 Å². The first-order valence-corrected chi connectivity index (χ1v) is 9.37. The smallest absolute Gasteiger partial charge is 0.0456 e. The van der Waals surface area contributed by atoms with Gasteiger partial charge in [-0.3, -0.25) is 0 Å². The summed E-state index contributed by atoms with van der Waals surface area (Å²) >= 11 is 2.00. The minimum Gasteiger partial charge on any atom is -0.361 e. The molecule has 0 bridgehead atoms. The molecule has 2 saturated heterocycles. The average molecular weight is 315 g/mol. The fraction of sp³-hybridized carbons (Fsp3) is 0.556. The largest absolute Gasteiger partial charge is 0.361 e. The zero-order valence-corrected chi connectivity index (χ0v) is 13.9. The van der Waals surface area contributed by atoms with E-state index in [0.717, 1.165) is 0 Å². The number of nitrogens with one attached hydrogen (secondary N) is 1. The maximum atomic E-state index is 3.44. The van der Waals surface area contributed by atoms with E-state index in [0.29, 0.717) is 5.92 Å². The van der Waals surface area contributed by atoms with E-state index in [9.17, 15) is 0 Å². The highest BCUT2D eigenvalue weighted by Crippen LogP contribution is 2.35. The first kappa shape index (κ1) is 14.6. The van der Waals surface area contributed by atoms with Crippen LogP contribution in [0.15, 0.2) is 30.5 Å². The molecule has 0 radical (unpaired) electrons. The van der Waals surface area contributed by atoms with Crippen molar-refractivity contribution >= 4 is 23.0 Å². The predicted molar refractivity (Wildman–Crippen MR) is 94.9 cm³/mol. The van der Waals surface area contributed by atoms with Gasteiger partial charge >= 0.3 is 0 Å². The molecule has 4 rings (SSSR count). The van der Waals surface area contributed by atoms with Crippen LogP contribution in [-0.2, 0) is 0 Å². The second-order valence-electron chi connectivity index (χ2n) is 6.56. The highest BCUT2D eigenvalue weighted by molar-refractivity contribution is 7.94. The van der Waals surface area contributed by atoms with Crippen LogP contribution in [0.2, 0.25) is 0 Å². The van der Waals surface area contributed by atoms with Crippen LogP contribution in [0.4, 0.5) is 0 Å². The molecule has 0 saturated carbocycles. The summed E-state index contributed by atoms with van der Waals surface area (Å²) in [7, 11) is 0. The van der Waals surface area contributed by atoms with Gasteiger partial charge in [0.25, 0.3) is 0 Å². The Labute approximate surface area is 137 Å². The normalized spacial score (nSPS) is 22.4. The Bertz CT molecular complexity index is 610. The standard InChI is InChI=1S/C18H25N3S/c1-4-10-20(11-5-1)22-21-12-8-15(9-13-21)17-14-19-18-7-3-2-6-16(17)18/h2-3,6-7,14-15,19H,1,4-5,8-13H2. The average Bonchev–Trinajstić information content (AvgIpc) is 3.01. The molecule has 2 fully saturated rings. The number of aromatic amines is 1. The van der Waals surface area contributed by atoms with Crippen LogP contribution >= 0.6 is 12.1 Å². The van der Waals surface area contributed by atoms with Crippen molar-refractivity contribution in [3.05, 3.63) is 36.0 Å². The van der Waals surface area contributed by atoms with Gasteiger partial charge in [0.2, 0.25) is 0 Å². The lowest BCUT2D eigenvalue weighted by Crippen LogP contribution is -2.34. The fourth-order valence-electron chi connectivity index (χ4n) is 3.79. The van der Waals surface area contributed by atoms with Crippen molar-refractivity contribution in [3.8, 4) is 0 Å². The van der Waals surface area contributed by atoms with Gasteiger partial charge in [-0.25, -0.2) is 8.61 Å². The van der Waals surface area contributed by atoms with Crippen LogP contribution in [0, 0.1) is 0 Å². The maximum absolute atomic E-state index is 3.44. The monoisotopic (exact) mass is 315 g/mol. The van der Waals surface area contributed by atoms with Gasteiger partial charge in [-0.15, -0.1) is 0 Å². The number of fused-ring (bicyclic) bond motifs is 1. The summed E-state index contributed by atoms with van der Waals surface area (Å²) in [5.74, 6) is 0.717. The Morgan fingerprint density at radius 3 is 2.45 bits per heavy atom. The molecule has 4 heteroatoms. The second kappa shape index (κ2) is 6.65. The second-order valence-corrected chi connectivity index (χ2v) is 7.76. The van der Waals surface area contributed by atoms with Gasteiger partial charge in [-0.2, -0.15) is 0 Å². The first-order chi connectivity index (χ1) is 10.9. The molecule has 0 atom stereocenters. The van der Waals surface area contributed by atoms with Crippen LogP contribution in [0.25, 0.3) is 10.9 Å². The molecule has 3 heterocycles. The van der Waals surface area contributed by atoms with E-state index in [1.165, 1.54) is 74.7 Å². The number of rotatable bonds is 3. The Morgan fingerprint density at radius 2 is 1.64 bits per heavy atom. The van der Waals surface area contributed by atoms with Crippen LogP contribution in [0.5, 0.6) is 0 Å². The van der Waals surface area contributed by atoms with Crippen molar-refractivity contribution in [2.24, 2.45) is 0 Å². The third-order valence-electron chi connectivity index (χ3n) is 5.06. The molecule has 118 valence electrons. The summed E-state index contributed by atoms with van der Waals surface area (Å²) in [4.78, 5) is 3.44. The quantitative estimate of drug-likeness (QED) is 0.849. The lowest BCUT2D eigenvalue weighted by molar-refractivity contribution is 0.316. The number of hydrogen-bond donors (Lipinski definition) is 1. The third kappa shape index (κ3) is 3.05. The van der Waals surface area contributed by atoms with Gasteiger partial charge in [0.05, 0.1) is 0 Å². The predicted octanol–water partition coefficient (Wildman–Crippen LogP) is 4.40. The number of aromatic nitrogens is 1. The van der Waals surface area contributed by atoms with Gasteiger partial charge < -0.3 is 4.98 Å². The van der Waals surface area contributed by atoms with Crippen molar-refractivity contribution in [2.45, 2.75) is 38.0 Å². The van der Waals surface area contributed by atoms with Crippen LogP contribution < -0.4 is 0 Å². The van der Waals surface area contributed by atoms with Crippen LogP contribution in [-0.4, -0.2) is 39.8 Å². The van der Waals surface area contributed by atoms with E-state index >= 15 is 0 Å². The topological polar surface area (TPSA) is 22.3 Å². The van der Waals surface area contributed by atoms with E-state index in [2.05, 4.69) is 44.1 Å². The first-order valence-electron chi connectivity index (χ1n) is 8.64. The van der Waals surface area contributed by atoms with Gasteiger partial charge in [0.1, 0.15) is 0 Å². The molecule has 3 nitrogen and oxygen atoms in total. The number of para-hydroxylation sites is 1. The summed E-state index contributed by atoms with van der Waals surface area (Å²) in [6, 6.07) is 8.71. The zero-order valence-electron chi connectivity index (χ0n) is 13.1. The van der Waals surface area contributed by atoms with Crippen LogP contribution in [0.3, 0.4) is 0 Å². The van der Waals surface area contributed by atoms with Crippen molar-refractivity contribution in [1.82, 2.24) is 13.6 Å². The molecular weight excluding hydrogens is 290 g/mol. The minimum absolute atomic E-state index is 0.717. The third-order valence-corrected chi connectivity index (χ3v) is 6.25. The summed E-state index contributed by atoms with van der Waals surface area (Å²) in [6.45, 7) is 4.97. The molecule has 2 aliphatic heterocycles. The summed E-state index contributed by atoms with van der Waals surface area (Å²) in [6.07, 6.45) is 8.96. The molecule has 1 aromatic carbocycles. The fourth-order valence-corrected chi connectivity index (χ4v) is 4.91. The molecular formula is C18H25N3S. The van der Waals surface area contributed by atoms with Crippen molar-refractivity contribution in [2.75, 3.05) is 26.2 Å². The molecule has 22 heavy (non-hydrogen) atoms. The zero-order chi connectivity index (χ0) is 14.8. The summed E-state index contributed by atoms with van der Waals surface area (Å²) in [5, 5.41) is 1.42. The molecule has 0 amide bonds. The molecule has 1 N–H and O–H groups in total. The van der Waals surface area contributed by atoms with E-state index in [-0.39, 0.29) is 0 Å². The van der Waals surface area contributed by atoms with E-state index < -0.39 is 0 Å². The maximum Gasteiger partial charge on any atom is 0.0456 e. The Morgan fingerprint density at radius 1 is 0.909 bits per heavy atom. The Hall–Kier alpha value is -0.970. The van der Waals surface area contributed by atoms with E-state index in [4.69, 9.17) is 0 Å². The molecule has 0 aliphatic carbocycles. The number of nitrogens with zero attached hydrogens (tertiary/aromatic N) is 2. The minimum atomic E-state index is 0.717. The number of H-pyrrole nitrogens is 1. The Kier molecular flexibility index (Phi) is 4.42. The highest BCUT2D eigenvalue weighted by atomic mass is 32.2. The molecule has 2 aliphatic rings. The van der Waals surface area contributed by atoms with E-state index in [1.54, 1.807) is 0 Å². The summed E-state index contributed by atoms with van der Waals surface area (Å²) < 4.78 is 5.15. The number of benzene rings is 1. The van der Waals surface area contributed by atoms with E-state index in [1.807, 2.05) is 12.1 Å².